The number of sulfonamides is 1. The zero-order chi connectivity index (χ0) is 27.4. The van der Waals surface area contributed by atoms with E-state index in [2.05, 4.69) is 6.07 Å². The zero-order valence-corrected chi connectivity index (χ0v) is 23.8. The van der Waals surface area contributed by atoms with Crippen molar-refractivity contribution in [3.63, 3.8) is 0 Å². The van der Waals surface area contributed by atoms with Crippen molar-refractivity contribution in [2.75, 3.05) is 7.05 Å². The number of carbonyl (C=O) groups excluding carboxylic acids is 1. The molecule has 0 fully saturated rings. The van der Waals surface area contributed by atoms with Crippen LogP contribution in [0.2, 0.25) is 0 Å². The molecule has 2 aliphatic rings. The van der Waals surface area contributed by atoms with E-state index in [0.29, 0.717) is 10.5 Å². The summed E-state index contributed by atoms with van der Waals surface area (Å²) in [6, 6.07) is 10.8. The third-order valence-electron chi connectivity index (χ3n) is 8.21. The highest BCUT2D eigenvalue weighted by Crippen LogP contribution is 2.39. The largest absolute Gasteiger partial charge is 0.455 e. The highest BCUT2D eigenvalue weighted by Gasteiger charge is 2.38. The van der Waals surface area contributed by atoms with Gasteiger partial charge in [-0.2, -0.15) is 4.31 Å². The van der Waals surface area contributed by atoms with Gasteiger partial charge in [-0.25, -0.2) is 8.42 Å². The molecule has 0 amide bonds. The van der Waals surface area contributed by atoms with Crippen LogP contribution in [0.25, 0.3) is 0 Å². The van der Waals surface area contributed by atoms with E-state index in [1.54, 1.807) is 40.0 Å². The van der Waals surface area contributed by atoms with Gasteiger partial charge in [0, 0.05) is 7.05 Å². The molecule has 0 spiro atoms. The lowest BCUT2D eigenvalue weighted by Gasteiger charge is -2.34. The standard InChI is InChI=1S/C31H41NO5S/c1-5-13-28(33)21(2)31(34)37-29(23-14-7-6-8-15-23)22(3)32(4)38(35,36)30-26-18-11-9-16-24(26)20-25-17-10-12-19-27(25)30/h5-8,13-15,20-22,28-29,33H,9-12,16-19H2,1-4H3/b13-5+/t21-,22+,28+,29+/m1/s1. The Kier molecular flexibility index (Phi) is 9.11. The third-order valence-corrected chi connectivity index (χ3v) is 10.3. The fourth-order valence-electron chi connectivity index (χ4n) is 5.78. The molecule has 0 aromatic heterocycles. The predicted octanol–water partition coefficient (Wildman–Crippen LogP) is 5.31. The summed E-state index contributed by atoms with van der Waals surface area (Å²) in [6.45, 7) is 5.18. The van der Waals surface area contributed by atoms with Gasteiger partial charge in [0.25, 0.3) is 0 Å². The maximum atomic E-state index is 14.4. The first-order valence-corrected chi connectivity index (χ1v) is 15.3. The Balaban J connectivity index is 1.72. The van der Waals surface area contributed by atoms with Crippen LogP contribution in [0.4, 0.5) is 0 Å². The van der Waals surface area contributed by atoms with Gasteiger partial charge in [-0.15, -0.1) is 0 Å². The number of benzene rings is 2. The highest BCUT2D eigenvalue weighted by molar-refractivity contribution is 7.89. The van der Waals surface area contributed by atoms with Crippen LogP contribution in [0.3, 0.4) is 0 Å². The van der Waals surface area contributed by atoms with Gasteiger partial charge >= 0.3 is 5.97 Å². The van der Waals surface area contributed by atoms with E-state index >= 15 is 0 Å². The molecule has 0 unspecified atom stereocenters. The van der Waals surface area contributed by atoms with E-state index in [4.69, 9.17) is 4.74 Å². The van der Waals surface area contributed by atoms with Crippen molar-refractivity contribution < 1.29 is 23.1 Å². The molecule has 1 N–H and O–H groups in total. The first kappa shape index (κ1) is 28.5. The number of nitrogens with zero attached hydrogens (tertiary/aromatic N) is 1. The van der Waals surface area contributed by atoms with Crippen LogP contribution in [0, 0.1) is 5.92 Å². The van der Waals surface area contributed by atoms with Crippen molar-refractivity contribution in [3.05, 3.63) is 76.4 Å². The van der Waals surface area contributed by atoms with Gasteiger partial charge in [0.1, 0.15) is 6.10 Å². The summed E-state index contributed by atoms with van der Waals surface area (Å²) in [7, 11) is -2.28. The quantitative estimate of drug-likeness (QED) is 0.345. The van der Waals surface area contributed by atoms with Gasteiger partial charge in [0.15, 0.2) is 0 Å². The average molecular weight is 540 g/mol. The lowest BCUT2D eigenvalue weighted by Crippen LogP contribution is -2.42. The minimum Gasteiger partial charge on any atom is -0.455 e. The number of allylic oxidation sites excluding steroid dienone is 1. The number of esters is 1. The van der Waals surface area contributed by atoms with Crippen molar-refractivity contribution in [2.45, 2.75) is 95.3 Å². The summed E-state index contributed by atoms with van der Waals surface area (Å²) >= 11 is 0. The fourth-order valence-corrected chi connectivity index (χ4v) is 7.70. The first-order chi connectivity index (χ1) is 18.2. The Labute approximate surface area is 227 Å². The lowest BCUT2D eigenvalue weighted by atomic mass is 9.83. The van der Waals surface area contributed by atoms with Crippen LogP contribution >= 0.6 is 0 Å². The van der Waals surface area contributed by atoms with E-state index in [1.807, 2.05) is 30.3 Å². The summed E-state index contributed by atoms with van der Waals surface area (Å²) in [5.74, 6) is -1.36. The Bertz CT molecular complexity index is 1240. The summed E-state index contributed by atoms with van der Waals surface area (Å²) in [4.78, 5) is 13.6. The Morgan fingerprint density at radius 2 is 1.53 bits per heavy atom. The van der Waals surface area contributed by atoms with Crippen LogP contribution in [-0.4, -0.2) is 43.0 Å². The number of aliphatic hydroxyl groups is 1. The van der Waals surface area contributed by atoms with E-state index in [1.165, 1.54) is 15.4 Å². The molecule has 4 atom stereocenters. The SMILES string of the molecule is C/C=C/[C@H](O)[C@@H](C)C(=O)O[C@H](c1ccccc1)[C@H](C)N(C)S(=O)(=O)c1c2c(cc3c1CCCC3)CCCC2. The first-order valence-electron chi connectivity index (χ1n) is 13.9. The molecular weight excluding hydrogens is 498 g/mol. The molecule has 4 rings (SSSR count). The summed E-state index contributed by atoms with van der Waals surface area (Å²) < 4.78 is 36.2. The molecular formula is C31H41NO5S. The Hall–Kier alpha value is -2.48. The number of likely N-dealkylation sites (N-methyl/N-ethyl adjacent to an activating group) is 1. The van der Waals surface area contributed by atoms with Crippen molar-refractivity contribution >= 4 is 16.0 Å². The number of aryl methyl sites for hydroxylation is 2. The number of fused-ring (bicyclic) bond motifs is 2. The fraction of sp³-hybridized carbons (Fsp3) is 0.516. The van der Waals surface area contributed by atoms with Gasteiger partial charge in [-0.05, 0) is 100.0 Å². The molecule has 0 saturated carbocycles. The van der Waals surface area contributed by atoms with Gasteiger partial charge in [0.05, 0.1) is 23.0 Å². The number of hydrogen-bond acceptors (Lipinski definition) is 5. The predicted molar refractivity (Wildman–Crippen MR) is 149 cm³/mol. The number of ether oxygens (including phenoxy) is 1. The van der Waals surface area contributed by atoms with Gasteiger partial charge in [-0.3, -0.25) is 4.79 Å². The van der Waals surface area contributed by atoms with Crippen molar-refractivity contribution in [1.29, 1.82) is 0 Å². The minimum absolute atomic E-state index is 0.494. The molecule has 0 radical (unpaired) electrons. The molecule has 2 aliphatic carbocycles. The third kappa shape index (κ3) is 5.75. The van der Waals surface area contributed by atoms with Gasteiger partial charge in [0.2, 0.25) is 10.0 Å². The minimum atomic E-state index is -3.87. The van der Waals surface area contributed by atoms with Gasteiger partial charge in [-0.1, -0.05) is 48.6 Å². The van der Waals surface area contributed by atoms with E-state index in [-0.39, 0.29) is 0 Å². The molecule has 206 valence electrons. The van der Waals surface area contributed by atoms with Crippen molar-refractivity contribution in [3.8, 4) is 0 Å². The molecule has 2 aromatic rings. The zero-order valence-electron chi connectivity index (χ0n) is 23.0. The van der Waals surface area contributed by atoms with E-state index < -0.39 is 40.2 Å². The Morgan fingerprint density at radius 1 is 0.974 bits per heavy atom. The highest BCUT2D eigenvalue weighted by atomic mass is 32.2. The van der Waals surface area contributed by atoms with E-state index in [9.17, 15) is 18.3 Å². The molecule has 7 heteroatoms. The summed E-state index contributed by atoms with van der Waals surface area (Å²) in [6.07, 6.45) is 8.95. The molecule has 6 nitrogen and oxygen atoms in total. The molecule has 0 aliphatic heterocycles. The maximum Gasteiger partial charge on any atom is 0.312 e. The topological polar surface area (TPSA) is 83.9 Å². The second-order valence-corrected chi connectivity index (χ2v) is 12.7. The molecule has 2 aromatic carbocycles. The number of aliphatic hydroxyl groups excluding tert-OH is 1. The van der Waals surface area contributed by atoms with Crippen LogP contribution in [0.1, 0.15) is 80.4 Å². The number of hydrogen-bond donors (Lipinski definition) is 1. The molecule has 0 saturated heterocycles. The van der Waals surface area contributed by atoms with Crippen LogP contribution in [-0.2, 0) is 45.2 Å². The van der Waals surface area contributed by atoms with Crippen LogP contribution in [0.15, 0.2) is 53.4 Å². The summed E-state index contributed by atoms with van der Waals surface area (Å²) in [5.41, 5.74) is 5.02. The van der Waals surface area contributed by atoms with Crippen molar-refractivity contribution in [2.24, 2.45) is 5.92 Å². The smallest absolute Gasteiger partial charge is 0.312 e. The number of carbonyl (C=O) groups is 1. The number of rotatable bonds is 9. The van der Waals surface area contributed by atoms with Gasteiger partial charge < -0.3 is 9.84 Å². The van der Waals surface area contributed by atoms with Crippen LogP contribution in [0.5, 0.6) is 0 Å². The second-order valence-electron chi connectivity index (χ2n) is 10.7. The normalized spacial score (nSPS) is 18.9. The Morgan fingerprint density at radius 3 is 2.08 bits per heavy atom. The lowest BCUT2D eigenvalue weighted by molar-refractivity contribution is -0.159. The van der Waals surface area contributed by atoms with E-state index in [0.717, 1.165) is 62.5 Å². The summed E-state index contributed by atoms with van der Waals surface area (Å²) in [5, 5.41) is 10.3. The second kappa shape index (κ2) is 12.1. The molecule has 0 bridgehead atoms. The van der Waals surface area contributed by atoms with Crippen molar-refractivity contribution in [1.82, 2.24) is 4.31 Å². The molecule has 0 heterocycles. The average Bonchev–Trinajstić information content (AvgIpc) is 2.93. The monoisotopic (exact) mass is 539 g/mol. The van der Waals surface area contributed by atoms with Crippen LogP contribution < -0.4 is 0 Å². The maximum absolute atomic E-state index is 14.4. The molecule has 38 heavy (non-hydrogen) atoms.